The number of phenolic OH excluding ortho intramolecular Hbond substituents is 1. The lowest BCUT2D eigenvalue weighted by molar-refractivity contribution is -0.121. The van der Waals surface area contributed by atoms with E-state index in [1.165, 1.54) is 0 Å². The molecule has 6 nitrogen and oxygen atoms in total. The van der Waals surface area contributed by atoms with Gasteiger partial charge in [0.25, 0.3) is 0 Å². The largest absolute Gasteiger partial charge is 0.508 e. The Bertz CT molecular complexity index is 732. The summed E-state index contributed by atoms with van der Waals surface area (Å²) in [4.78, 5) is 23.4. The van der Waals surface area contributed by atoms with Crippen LogP contribution in [-0.2, 0) is 11.2 Å². The standard InChI is InChI=1S/C17H18ClN3O3/c1-11-2-6-13(10-15(11)18)19-17(24)21-20-16(23)9-5-12-3-7-14(22)8-4-12/h2-4,6-8,10,22H,5,9H2,1H3,(H,20,23)(H2,19,21,24). The number of urea groups is 1. The van der Waals surface area contributed by atoms with Gasteiger partial charge in [0.15, 0.2) is 0 Å². The Morgan fingerprint density at radius 2 is 1.79 bits per heavy atom. The van der Waals surface area contributed by atoms with Gasteiger partial charge in [-0.2, -0.15) is 0 Å². The fraction of sp³-hybridized carbons (Fsp3) is 0.176. The number of amides is 3. The number of hydrazine groups is 1. The zero-order valence-corrected chi connectivity index (χ0v) is 13.9. The van der Waals surface area contributed by atoms with E-state index in [1.807, 2.05) is 6.92 Å². The van der Waals surface area contributed by atoms with Crippen LogP contribution in [0.5, 0.6) is 5.75 Å². The molecule has 2 rings (SSSR count). The predicted octanol–water partition coefficient (Wildman–Crippen LogP) is 3.14. The third-order valence-corrected chi connectivity index (χ3v) is 3.73. The van der Waals surface area contributed by atoms with Crippen LogP contribution in [0.1, 0.15) is 17.5 Å². The molecular formula is C17H18ClN3O3. The number of hydrogen-bond donors (Lipinski definition) is 4. The van der Waals surface area contributed by atoms with Crippen LogP contribution >= 0.6 is 11.6 Å². The van der Waals surface area contributed by atoms with Crippen LogP contribution in [-0.4, -0.2) is 17.0 Å². The molecule has 4 N–H and O–H groups in total. The number of benzene rings is 2. The minimum Gasteiger partial charge on any atom is -0.508 e. The molecule has 126 valence electrons. The average Bonchev–Trinajstić information content (AvgIpc) is 2.56. The van der Waals surface area contributed by atoms with Crippen LogP contribution < -0.4 is 16.2 Å². The fourth-order valence-electron chi connectivity index (χ4n) is 1.94. The van der Waals surface area contributed by atoms with Crippen LogP contribution in [0.25, 0.3) is 0 Å². The van der Waals surface area contributed by atoms with Crippen LogP contribution in [0.3, 0.4) is 0 Å². The molecular weight excluding hydrogens is 330 g/mol. The SMILES string of the molecule is Cc1ccc(NC(=O)NNC(=O)CCc2ccc(O)cc2)cc1Cl. The number of carbonyl (C=O) groups excluding carboxylic acids is 2. The van der Waals surface area contributed by atoms with Crippen molar-refractivity contribution in [2.75, 3.05) is 5.32 Å². The molecule has 0 saturated heterocycles. The lowest BCUT2D eigenvalue weighted by Gasteiger charge is -2.10. The molecule has 2 aromatic rings. The lowest BCUT2D eigenvalue weighted by Crippen LogP contribution is -2.44. The van der Waals surface area contributed by atoms with Gasteiger partial charge in [-0.05, 0) is 48.7 Å². The molecule has 0 atom stereocenters. The van der Waals surface area contributed by atoms with Gasteiger partial charge in [0.05, 0.1) is 0 Å². The number of aromatic hydroxyl groups is 1. The Kier molecular flexibility index (Phi) is 6.03. The molecule has 24 heavy (non-hydrogen) atoms. The summed E-state index contributed by atoms with van der Waals surface area (Å²) in [6.07, 6.45) is 0.713. The topological polar surface area (TPSA) is 90.5 Å². The summed E-state index contributed by atoms with van der Waals surface area (Å²) in [5.74, 6) is -0.141. The number of anilines is 1. The van der Waals surface area contributed by atoms with Crippen molar-refractivity contribution in [1.29, 1.82) is 0 Å². The zero-order valence-electron chi connectivity index (χ0n) is 13.1. The highest BCUT2D eigenvalue weighted by Crippen LogP contribution is 2.19. The number of rotatable bonds is 4. The van der Waals surface area contributed by atoms with Gasteiger partial charge in [0.2, 0.25) is 5.91 Å². The third kappa shape index (κ3) is 5.48. The van der Waals surface area contributed by atoms with Crippen molar-refractivity contribution in [2.45, 2.75) is 19.8 Å². The summed E-state index contributed by atoms with van der Waals surface area (Å²) in [5, 5.41) is 12.3. The number of halogens is 1. The van der Waals surface area contributed by atoms with Gasteiger partial charge in [-0.25, -0.2) is 10.2 Å². The molecule has 0 unspecified atom stereocenters. The van der Waals surface area contributed by atoms with Gasteiger partial charge in [0, 0.05) is 17.1 Å². The first-order valence-electron chi connectivity index (χ1n) is 7.34. The Morgan fingerprint density at radius 3 is 2.46 bits per heavy atom. The maximum absolute atomic E-state index is 11.7. The third-order valence-electron chi connectivity index (χ3n) is 3.32. The molecule has 0 spiro atoms. The normalized spacial score (nSPS) is 10.1. The first-order valence-corrected chi connectivity index (χ1v) is 7.72. The highest BCUT2D eigenvalue weighted by atomic mass is 35.5. The number of aryl methyl sites for hydroxylation is 2. The maximum Gasteiger partial charge on any atom is 0.337 e. The van der Waals surface area contributed by atoms with Gasteiger partial charge >= 0.3 is 6.03 Å². The van der Waals surface area contributed by atoms with E-state index >= 15 is 0 Å². The van der Waals surface area contributed by atoms with Gasteiger partial charge < -0.3 is 10.4 Å². The van der Waals surface area contributed by atoms with Crippen molar-refractivity contribution >= 4 is 29.2 Å². The predicted molar refractivity (Wildman–Crippen MR) is 92.9 cm³/mol. The van der Waals surface area contributed by atoms with Crippen LogP contribution in [0.4, 0.5) is 10.5 Å². The molecule has 0 aromatic heterocycles. The summed E-state index contributed by atoms with van der Waals surface area (Å²) in [7, 11) is 0. The Hall–Kier alpha value is -2.73. The number of hydrogen-bond acceptors (Lipinski definition) is 3. The van der Waals surface area contributed by atoms with E-state index in [0.29, 0.717) is 17.1 Å². The van der Waals surface area contributed by atoms with E-state index in [9.17, 15) is 14.7 Å². The van der Waals surface area contributed by atoms with Crippen LogP contribution in [0.15, 0.2) is 42.5 Å². The minimum atomic E-state index is -0.562. The van der Waals surface area contributed by atoms with Crippen molar-refractivity contribution in [3.8, 4) is 5.75 Å². The number of nitrogens with one attached hydrogen (secondary N) is 3. The molecule has 0 saturated carbocycles. The second kappa shape index (κ2) is 8.21. The maximum atomic E-state index is 11.7. The fourth-order valence-corrected chi connectivity index (χ4v) is 2.12. The molecule has 3 amide bonds. The van der Waals surface area contributed by atoms with Crippen molar-refractivity contribution in [3.63, 3.8) is 0 Å². The van der Waals surface area contributed by atoms with Gasteiger partial charge in [-0.15, -0.1) is 0 Å². The highest BCUT2D eigenvalue weighted by Gasteiger charge is 2.06. The van der Waals surface area contributed by atoms with Crippen molar-refractivity contribution in [3.05, 3.63) is 58.6 Å². The molecule has 2 aromatic carbocycles. The van der Waals surface area contributed by atoms with Crippen molar-refractivity contribution in [1.82, 2.24) is 10.9 Å². The summed E-state index contributed by atoms with van der Waals surface area (Å²) >= 11 is 5.98. The second-order valence-corrected chi connectivity index (χ2v) is 5.66. The van der Waals surface area contributed by atoms with E-state index in [0.717, 1.165) is 11.1 Å². The second-order valence-electron chi connectivity index (χ2n) is 5.26. The Labute approximate surface area is 144 Å². The zero-order chi connectivity index (χ0) is 17.5. The van der Waals surface area contributed by atoms with Crippen molar-refractivity contribution in [2.24, 2.45) is 0 Å². The summed E-state index contributed by atoms with van der Waals surface area (Å²) in [6, 6.07) is 11.2. The molecule has 0 aliphatic carbocycles. The molecule has 0 radical (unpaired) electrons. The van der Waals surface area contributed by atoms with E-state index in [-0.39, 0.29) is 18.1 Å². The van der Waals surface area contributed by atoms with Crippen molar-refractivity contribution < 1.29 is 14.7 Å². The Morgan fingerprint density at radius 1 is 1.08 bits per heavy atom. The van der Waals surface area contributed by atoms with E-state index in [4.69, 9.17) is 11.6 Å². The van der Waals surface area contributed by atoms with Gasteiger partial charge in [0.1, 0.15) is 5.75 Å². The van der Waals surface area contributed by atoms with E-state index in [1.54, 1.807) is 42.5 Å². The first kappa shape index (κ1) is 17.6. The number of carbonyl (C=O) groups is 2. The van der Waals surface area contributed by atoms with Gasteiger partial charge in [-0.3, -0.25) is 10.2 Å². The lowest BCUT2D eigenvalue weighted by atomic mass is 10.1. The van der Waals surface area contributed by atoms with Crippen LogP contribution in [0.2, 0.25) is 5.02 Å². The summed E-state index contributed by atoms with van der Waals surface area (Å²) in [6.45, 7) is 1.86. The molecule has 0 bridgehead atoms. The summed E-state index contributed by atoms with van der Waals surface area (Å²) < 4.78 is 0. The highest BCUT2D eigenvalue weighted by molar-refractivity contribution is 6.31. The van der Waals surface area contributed by atoms with Crippen LogP contribution in [0, 0.1) is 6.92 Å². The van der Waals surface area contributed by atoms with E-state index in [2.05, 4.69) is 16.2 Å². The molecule has 0 heterocycles. The molecule has 0 fully saturated rings. The molecule has 7 heteroatoms. The minimum absolute atomic E-state index is 0.178. The first-order chi connectivity index (χ1) is 11.4. The molecule has 0 aliphatic heterocycles. The Balaban J connectivity index is 1.73. The summed E-state index contributed by atoms with van der Waals surface area (Å²) in [5.41, 5.74) is 6.96. The molecule has 0 aliphatic rings. The van der Waals surface area contributed by atoms with Gasteiger partial charge in [-0.1, -0.05) is 29.8 Å². The van der Waals surface area contributed by atoms with E-state index < -0.39 is 6.03 Å². The number of phenols is 1. The average molecular weight is 348 g/mol. The smallest absolute Gasteiger partial charge is 0.337 e. The monoisotopic (exact) mass is 347 g/mol. The quantitative estimate of drug-likeness (QED) is 0.640.